The van der Waals surface area contributed by atoms with Crippen LogP contribution in [0.2, 0.25) is 0 Å². The Kier molecular flexibility index (Phi) is 23.5. The minimum atomic E-state index is -0.742. The molecule has 0 fully saturated rings. The van der Waals surface area contributed by atoms with E-state index in [1.54, 1.807) is 0 Å². The van der Waals surface area contributed by atoms with Crippen molar-refractivity contribution in [1.82, 2.24) is 0 Å². The smallest absolute Gasteiger partial charge is 0.341 e. The summed E-state index contributed by atoms with van der Waals surface area (Å²) >= 11 is 0. The molecule has 0 aromatic heterocycles. The number of rotatable bonds is 29. The fourth-order valence-electron chi connectivity index (χ4n) is 6.56. The van der Waals surface area contributed by atoms with Crippen LogP contribution in [0.4, 0.5) is 0 Å². The highest BCUT2D eigenvalue weighted by molar-refractivity contribution is 5.95. The molecule has 3 aromatic rings. The first-order valence-corrected chi connectivity index (χ1v) is 21.7. The molecule has 0 unspecified atom stereocenters. The van der Waals surface area contributed by atoms with Crippen molar-refractivity contribution < 1.29 is 76.9 Å². The van der Waals surface area contributed by atoms with Gasteiger partial charge in [-0.25, -0.2) is 14.4 Å². The lowest BCUT2D eigenvalue weighted by molar-refractivity contribution is -0.135. The normalized spacial score (nSPS) is 10.7. The van der Waals surface area contributed by atoms with Crippen LogP contribution in [0.3, 0.4) is 0 Å². The van der Waals surface area contributed by atoms with Gasteiger partial charge >= 0.3 is 41.8 Å². The molecule has 0 saturated heterocycles. The van der Waals surface area contributed by atoms with E-state index in [-0.39, 0.29) is 76.9 Å². The maximum Gasteiger partial charge on any atom is 0.341 e. The maximum absolute atomic E-state index is 12.6. The van der Waals surface area contributed by atoms with Gasteiger partial charge < -0.3 is 43.4 Å². The largest absolute Gasteiger partial charge is 0.507 e. The SMILES string of the molecule is COC(=O)c1cc(OC(=O)CCCCCCCCCCC(=O)Oc2ccc(OC(=O)CCCCCCCCCCC(=O)Oc3ccc(O)c(C(=O)OC)c3)c(C(=O)OC)c2)ccc1O. The molecule has 0 aliphatic rings. The topological polar surface area (TPSA) is 225 Å². The summed E-state index contributed by atoms with van der Waals surface area (Å²) in [6.45, 7) is 0. The van der Waals surface area contributed by atoms with Crippen molar-refractivity contribution in [1.29, 1.82) is 0 Å². The Bertz CT molecular complexity index is 2020. The first-order valence-electron chi connectivity index (χ1n) is 21.7. The number of hydrogen-bond donors (Lipinski definition) is 2. The van der Waals surface area contributed by atoms with Crippen molar-refractivity contribution in [2.45, 2.75) is 128 Å². The fourth-order valence-corrected chi connectivity index (χ4v) is 6.56. The molecule has 0 spiro atoms. The van der Waals surface area contributed by atoms with Gasteiger partial charge in [0.15, 0.2) is 0 Å². The lowest BCUT2D eigenvalue weighted by Gasteiger charge is -2.11. The molecule has 0 aliphatic carbocycles. The molecular formula is C48H60O16. The van der Waals surface area contributed by atoms with Gasteiger partial charge in [-0.2, -0.15) is 0 Å². The van der Waals surface area contributed by atoms with Crippen LogP contribution in [0.25, 0.3) is 0 Å². The summed E-state index contributed by atoms with van der Waals surface area (Å²) in [5, 5.41) is 19.6. The lowest BCUT2D eigenvalue weighted by atomic mass is 10.1. The van der Waals surface area contributed by atoms with Crippen LogP contribution in [0.15, 0.2) is 54.6 Å². The minimum absolute atomic E-state index is 0.0131. The Hall–Kier alpha value is -6.45. The van der Waals surface area contributed by atoms with Crippen molar-refractivity contribution >= 4 is 41.8 Å². The predicted octanol–water partition coefficient (Wildman–Crippen LogP) is 9.28. The molecule has 0 radical (unpaired) electrons. The van der Waals surface area contributed by atoms with E-state index >= 15 is 0 Å². The zero-order valence-corrected chi connectivity index (χ0v) is 36.9. The molecule has 0 bridgehead atoms. The van der Waals surface area contributed by atoms with Crippen molar-refractivity contribution in [3.8, 4) is 34.5 Å². The second-order valence-corrected chi connectivity index (χ2v) is 15.0. The van der Waals surface area contributed by atoms with Crippen LogP contribution in [0.5, 0.6) is 34.5 Å². The van der Waals surface area contributed by atoms with Gasteiger partial charge in [0.05, 0.1) is 21.3 Å². The monoisotopic (exact) mass is 892 g/mol. The number of unbranched alkanes of at least 4 members (excludes halogenated alkanes) is 14. The maximum atomic E-state index is 12.6. The number of methoxy groups -OCH3 is 3. The Morgan fingerprint density at radius 3 is 0.953 bits per heavy atom. The number of carbonyl (C=O) groups excluding carboxylic acids is 7. The van der Waals surface area contributed by atoms with Crippen molar-refractivity contribution in [2.24, 2.45) is 0 Å². The molecule has 64 heavy (non-hydrogen) atoms. The number of phenols is 2. The van der Waals surface area contributed by atoms with E-state index in [0.29, 0.717) is 25.7 Å². The van der Waals surface area contributed by atoms with Crippen LogP contribution in [-0.4, -0.2) is 73.3 Å². The van der Waals surface area contributed by atoms with E-state index in [1.165, 1.54) is 75.9 Å². The lowest BCUT2D eigenvalue weighted by Crippen LogP contribution is -2.13. The molecule has 348 valence electrons. The van der Waals surface area contributed by atoms with Crippen LogP contribution in [-0.2, 0) is 33.4 Å². The number of aromatic hydroxyl groups is 2. The summed E-state index contributed by atoms with van der Waals surface area (Å²) in [5.41, 5.74) is -0.206. The number of phenolic OH excluding ortho intramolecular Hbond substituents is 2. The molecule has 0 heterocycles. The zero-order chi connectivity index (χ0) is 46.7. The summed E-state index contributed by atoms with van der Waals surface area (Å²) < 4.78 is 35.5. The Balaban J connectivity index is 1.22. The van der Waals surface area contributed by atoms with Gasteiger partial charge in [0.25, 0.3) is 0 Å². The second-order valence-electron chi connectivity index (χ2n) is 15.0. The van der Waals surface area contributed by atoms with Gasteiger partial charge in [-0.1, -0.05) is 77.0 Å². The van der Waals surface area contributed by atoms with E-state index in [4.69, 9.17) is 23.7 Å². The average molecular weight is 893 g/mol. The molecule has 16 nitrogen and oxygen atoms in total. The molecule has 3 rings (SSSR count). The van der Waals surface area contributed by atoms with Crippen LogP contribution in [0.1, 0.15) is 159 Å². The van der Waals surface area contributed by atoms with Crippen molar-refractivity contribution in [2.75, 3.05) is 21.3 Å². The number of ether oxygens (including phenoxy) is 7. The third kappa shape index (κ3) is 19.3. The quantitative estimate of drug-likeness (QED) is 0.0286. The Morgan fingerprint density at radius 2 is 0.625 bits per heavy atom. The molecule has 3 aromatic carbocycles. The summed E-state index contributed by atoms with van der Waals surface area (Å²) in [6, 6.07) is 12.0. The standard InChI is InChI=1S/C48H60O16/c1-58-46(55)36-30-33(24-27-39(36)49)61-42(51)20-16-12-8-4-5-9-14-18-22-44(53)63-35-26-29-41(38(32-35)48(57)60-3)64-45(54)23-19-15-11-7-6-10-13-17-21-43(52)62-34-25-28-40(50)37(31-34)47(56)59-2/h24-32,49-50H,4-23H2,1-3H3. The zero-order valence-electron chi connectivity index (χ0n) is 36.9. The first kappa shape index (κ1) is 51.9. The third-order valence-electron chi connectivity index (χ3n) is 10.0. The average Bonchev–Trinajstić information content (AvgIpc) is 3.28. The summed E-state index contributed by atoms with van der Waals surface area (Å²) in [5.74, 6) is -4.10. The predicted molar refractivity (Wildman–Crippen MR) is 232 cm³/mol. The van der Waals surface area contributed by atoms with E-state index in [0.717, 1.165) is 77.0 Å². The third-order valence-corrected chi connectivity index (χ3v) is 10.0. The van der Waals surface area contributed by atoms with Crippen molar-refractivity contribution in [3.05, 3.63) is 71.3 Å². The number of benzene rings is 3. The van der Waals surface area contributed by atoms with Crippen molar-refractivity contribution in [3.63, 3.8) is 0 Å². The van der Waals surface area contributed by atoms with Gasteiger partial charge in [-0.3, -0.25) is 19.2 Å². The van der Waals surface area contributed by atoms with E-state index in [2.05, 4.69) is 9.47 Å². The highest BCUT2D eigenvalue weighted by Gasteiger charge is 2.20. The fraction of sp³-hybridized carbons (Fsp3) is 0.479. The first-order chi connectivity index (χ1) is 30.8. The van der Waals surface area contributed by atoms with Gasteiger partial charge in [-0.05, 0) is 80.3 Å². The van der Waals surface area contributed by atoms with Crippen LogP contribution in [0, 0.1) is 0 Å². The van der Waals surface area contributed by atoms with Gasteiger partial charge in [0.2, 0.25) is 0 Å². The van der Waals surface area contributed by atoms with Crippen LogP contribution < -0.4 is 18.9 Å². The van der Waals surface area contributed by atoms with E-state index < -0.39 is 41.8 Å². The van der Waals surface area contributed by atoms with Gasteiger partial charge in [-0.15, -0.1) is 0 Å². The molecule has 16 heteroatoms. The number of hydrogen-bond acceptors (Lipinski definition) is 16. The molecule has 0 atom stereocenters. The molecule has 0 aliphatic heterocycles. The highest BCUT2D eigenvalue weighted by Crippen LogP contribution is 2.28. The minimum Gasteiger partial charge on any atom is -0.507 e. The molecule has 0 amide bonds. The van der Waals surface area contributed by atoms with Crippen LogP contribution >= 0.6 is 0 Å². The molecule has 2 N–H and O–H groups in total. The number of esters is 7. The number of carbonyl (C=O) groups is 7. The van der Waals surface area contributed by atoms with Gasteiger partial charge in [0, 0.05) is 25.7 Å². The Labute approximate surface area is 373 Å². The van der Waals surface area contributed by atoms with E-state index in [9.17, 15) is 43.8 Å². The van der Waals surface area contributed by atoms with Gasteiger partial charge in [0.1, 0.15) is 51.2 Å². The van der Waals surface area contributed by atoms with E-state index in [1.807, 2.05) is 0 Å². The molecule has 0 saturated carbocycles. The summed E-state index contributed by atoms with van der Waals surface area (Å²) in [4.78, 5) is 85.5. The summed E-state index contributed by atoms with van der Waals surface area (Å²) in [7, 11) is 3.58. The molecular weight excluding hydrogens is 833 g/mol. The Morgan fingerprint density at radius 1 is 0.359 bits per heavy atom. The second kappa shape index (κ2) is 29.0. The summed E-state index contributed by atoms with van der Waals surface area (Å²) in [6.07, 6.45) is 14.3. The highest BCUT2D eigenvalue weighted by atomic mass is 16.6.